The normalized spacial score (nSPS) is 14.3. The molecule has 0 saturated carbocycles. The Kier molecular flexibility index (Phi) is 8.51. The van der Waals surface area contributed by atoms with Crippen molar-refractivity contribution in [2.24, 2.45) is 5.92 Å². The van der Waals surface area contributed by atoms with E-state index < -0.39 is 28.3 Å². The third-order valence-electron chi connectivity index (χ3n) is 4.08. The lowest BCUT2D eigenvalue weighted by Crippen LogP contribution is -2.51. The summed E-state index contributed by atoms with van der Waals surface area (Å²) in [6, 6.07) is 5.60. The van der Waals surface area contributed by atoms with Gasteiger partial charge in [0, 0.05) is 14.2 Å². The molecule has 1 aromatic rings. The zero-order chi connectivity index (χ0) is 19.0. The number of ether oxygens (including phenoxy) is 2. The third-order valence-corrected chi connectivity index (χ3v) is 5.53. The molecule has 2 N–H and O–H groups in total. The van der Waals surface area contributed by atoms with Crippen molar-refractivity contribution in [3.8, 4) is 0 Å². The zero-order valence-corrected chi connectivity index (χ0v) is 16.2. The zero-order valence-electron chi connectivity index (χ0n) is 15.4. The van der Waals surface area contributed by atoms with Crippen molar-refractivity contribution in [3.05, 3.63) is 29.8 Å². The first-order chi connectivity index (χ1) is 11.7. The fraction of sp³-hybridized carbons (Fsp3) is 0.588. The van der Waals surface area contributed by atoms with Crippen molar-refractivity contribution >= 4 is 15.9 Å². The van der Waals surface area contributed by atoms with Gasteiger partial charge in [0.25, 0.3) is 0 Å². The van der Waals surface area contributed by atoms with Crippen molar-refractivity contribution in [1.82, 2.24) is 10.0 Å². The fourth-order valence-corrected chi connectivity index (χ4v) is 3.48. The first-order valence-electron chi connectivity index (χ1n) is 8.17. The second kappa shape index (κ2) is 9.86. The molecule has 2 atom stereocenters. The van der Waals surface area contributed by atoms with Gasteiger partial charge in [-0.1, -0.05) is 38.0 Å². The highest BCUT2D eigenvalue weighted by Crippen LogP contribution is 2.15. The van der Waals surface area contributed by atoms with Crippen LogP contribution in [0.4, 0.5) is 0 Å². The van der Waals surface area contributed by atoms with Crippen LogP contribution >= 0.6 is 0 Å². The molecule has 0 fully saturated rings. The minimum atomic E-state index is -3.80. The number of rotatable bonds is 10. The van der Waals surface area contributed by atoms with Gasteiger partial charge in [0.1, 0.15) is 6.04 Å². The largest absolute Gasteiger partial charge is 0.354 e. The number of sulfonamides is 1. The monoisotopic (exact) mass is 372 g/mol. The topological polar surface area (TPSA) is 93.7 Å². The molecule has 0 spiro atoms. The molecule has 7 nitrogen and oxygen atoms in total. The standard InChI is InChI=1S/C17H28N2O5S/c1-6-13(3)16(17(20)18-11-15(23-4)24-5)19-25(21,22)14-9-7-12(2)8-10-14/h7-10,13,15-16,19H,6,11H2,1-5H3,(H,18,20)/t13-,16+/m0/s1. The van der Waals surface area contributed by atoms with Gasteiger partial charge >= 0.3 is 0 Å². The van der Waals surface area contributed by atoms with Gasteiger partial charge in [0.15, 0.2) is 6.29 Å². The number of aryl methyl sites for hydroxylation is 1. The highest BCUT2D eigenvalue weighted by atomic mass is 32.2. The summed E-state index contributed by atoms with van der Waals surface area (Å²) in [5.74, 6) is -0.590. The summed E-state index contributed by atoms with van der Waals surface area (Å²) in [4.78, 5) is 12.6. The molecular weight excluding hydrogens is 344 g/mol. The van der Waals surface area contributed by atoms with Gasteiger partial charge < -0.3 is 14.8 Å². The number of benzene rings is 1. The number of hydrogen-bond donors (Lipinski definition) is 2. The first-order valence-corrected chi connectivity index (χ1v) is 9.65. The Hall–Kier alpha value is -1.48. The van der Waals surface area contributed by atoms with Crippen molar-refractivity contribution in [2.75, 3.05) is 20.8 Å². The van der Waals surface area contributed by atoms with E-state index >= 15 is 0 Å². The minimum absolute atomic E-state index is 0.130. The van der Waals surface area contributed by atoms with Crippen molar-refractivity contribution in [3.63, 3.8) is 0 Å². The Morgan fingerprint density at radius 1 is 1.16 bits per heavy atom. The summed E-state index contributed by atoms with van der Waals surface area (Å²) < 4.78 is 37.7. The molecule has 0 unspecified atom stereocenters. The number of hydrogen-bond acceptors (Lipinski definition) is 5. The van der Waals surface area contributed by atoms with E-state index in [0.717, 1.165) is 5.56 Å². The quantitative estimate of drug-likeness (QED) is 0.606. The van der Waals surface area contributed by atoms with E-state index in [4.69, 9.17) is 9.47 Å². The number of carbonyl (C=O) groups is 1. The Bertz CT molecular complexity index is 642. The molecule has 0 heterocycles. The summed E-state index contributed by atoms with van der Waals surface area (Å²) in [5, 5.41) is 2.67. The summed E-state index contributed by atoms with van der Waals surface area (Å²) in [6.45, 7) is 5.73. The van der Waals surface area contributed by atoms with Crippen LogP contribution < -0.4 is 10.0 Å². The Morgan fingerprint density at radius 2 is 1.72 bits per heavy atom. The Balaban J connectivity index is 2.91. The second-order valence-corrected chi connectivity index (χ2v) is 7.66. The van der Waals surface area contributed by atoms with E-state index in [1.807, 2.05) is 20.8 Å². The molecular formula is C17H28N2O5S. The van der Waals surface area contributed by atoms with Gasteiger partial charge in [-0.05, 0) is 25.0 Å². The summed E-state index contributed by atoms with van der Waals surface area (Å²) in [6.07, 6.45) is 0.0576. The molecule has 0 saturated heterocycles. The minimum Gasteiger partial charge on any atom is -0.354 e. The lowest BCUT2D eigenvalue weighted by molar-refractivity contribution is -0.129. The smallest absolute Gasteiger partial charge is 0.241 e. The van der Waals surface area contributed by atoms with E-state index in [9.17, 15) is 13.2 Å². The van der Waals surface area contributed by atoms with E-state index in [1.165, 1.54) is 26.4 Å². The number of nitrogens with one attached hydrogen (secondary N) is 2. The van der Waals surface area contributed by atoms with Crippen molar-refractivity contribution in [2.45, 2.75) is 44.4 Å². The third kappa shape index (κ3) is 6.39. The molecule has 0 bridgehead atoms. The van der Waals surface area contributed by atoms with Crippen LogP contribution in [0.3, 0.4) is 0 Å². The van der Waals surface area contributed by atoms with E-state index in [0.29, 0.717) is 6.42 Å². The number of amides is 1. The lowest BCUT2D eigenvalue weighted by atomic mass is 9.99. The summed E-state index contributed by atoms with van der Waals surface area (Å²) >= 11 is 0. The van der Waals surface area contributed by atoms with Gasteiger partial charge in [0.05, 0.1) is 11.4 Å². The SMILES string of the molecule is CC[C@H](C)[C@@H](NS(=O)(=O)c1ccc(C)cc1)C(=O)NCC(OC)OC. The molecule has 0 aromatic heterocycles. The van der Waals surface area contributed by atoms with Gasteiger partial charge in [0.2, 0.25) is 15.9 Å². The van der Waals surface area contributed by atoms with Gasteiger partial charge in [-0.25, -0.2) is 8.42 Å². The molecule has 8 heteroatoms. The molecule has 0 aliphatic rings. The predicted molar refractivity (Wildman–Crippen MR) is 95.6 cm³/mol. The van der Waals surface area contributed by atoms with Crippen LogP contribution in [-0.2, 0) is 24.3 Å². The summed E-state index contributed by atoms with van der Waals surface area (Å²) in [5.41, 5.74) is 0.959. The molecule has 1 rings (SSSR count). The van der Waals surface area contributed by atoms with Crippen LogP contribution in [0.1, 0.15) is 25.8 Å². The molecule has 1 aromatic carbocycles. The fourth-order valence-electron chi connectivity index (χ4n) is 2.17. The molecule has 0 radical (unpaired) electrons. The Morgan fingerprint density at radius 3 is 2.20 bits per heavy atom. The van der Waals surface area contributed by atoms with Crippen LogP contribution in [0.15, 0.2) is 29.2 Å². The average molecular weight is 372 g/mol. The maximum absolute atomic E-state index is 12.6. The highest BCUT2D eigenvalue weighted by Gasteiger charge is 2.29. The maximum atomic E-state index is 12.6. The molecule has 0 aliphatic carbocycles. The second-order valence-electron chi connectivity index (χ2n) is 5.94. The molecule has 1 amide bonds. The van der Waals surface area contributed by atoms with E-state index in [1.54, 1.807) is 12.1 Å². The average Bonchev–Trinajstić information content (AvgIpc) is 2.60. The van der Waals surface area contributed by atoms with Crippen molar-refractivity contribution < 1.29 is 22.7 Å². The first kappa shape index (κ1) is 21.6. The van der Waals surface area contributed by atoms with Crippen molar-refractivity contribution in [1.29, 1.82) is 0 Å². The molecule has 0 aliphatic heterocycles. The van der Waals surface area contributed by atoms with Crippen LogP contribution in [0.5, 0.6) is 0 Å². The molecule has 25 heavy (non-hydrogen) atoms. The number of carbonyl (C=O) groups excluding carboxylic acids is 1. The maximum Gasteiger partial charge on any atom is 0.241 e. The van der Waals surface area contributed by atoms with E-state index in [-0.39, 0.29) is 17.4 Å². The van der Waals surface area contributed by atoms with Gasteiger partial charge in [-0.15, -0.1) is 0 Å². The summed E-state index contributed by atoms with van der Waals surface area (Å²) in [7, 11) is -0.870. The predicted octanol–water partition coefficient (Wildman–Crippen LogP) is 1.42. The van der Waals surface area contributed by atoms with E-state index in [2.05, 4.69) is 10.0 Å². The van der Waals surface area contributed by atoms with Crippen LogP contribution in [0.2, 0.25) is 0 Å². The lowest BCUT2D eigenvalue weighted by Gasteiger charge is -2.24. The highest BCUT2D eigenvalue weighted by molar-refractivity contribution is 7.89. The van der Waals surface area contributed by atoms with Gasteiger partial charge in [-0.2, -0.15) is 4.72 Å². The van der Waals surface area contributed by atoms with Crippen LogP contribution in [0, 0.1) is 12.8 Å². The molecule has 142 valence electrons. The Labute approximate surface area is 150 Å². The van der Waals surface area contributed by atoms with Crippen LogP contribution in [0.25, 0.3) is 0 Å². The number of methoxy groups -OCH3 is 2. The van der Waals surface area contributed by atoms with Crippen LogP contribution in [-0.4, -0.2) is 47.4 Å². The van der Waals surface area contributed by atoms with Gasteiger partial charge in [-0.3, -0.25) is 4.79 Å².